The van der Waals surface area contributed by atoms with Crippen LogP contribution in [0.5, 0.6) is 0 Å². The third-order valence-corrected chi connectivity index (χ3v) is 18.6. The van der Waals surface area contributed by atoms with Crippen molar-refractivity contribution in [2.75, 3.05) is 39.6 Å². The van der Waals surface area contributed by atoms with Crippen LogP contribution < -0.4 is 0 Å². The molecule has 0 aromatic heterocycles. The highest BCUT2D eigenvalue weighted by Gasteiger charge is 2.30. The van der Waals surface area contributed by atoms with Gasteiger partial charge in [0.2, 0.25) is 0 Å². The van der Waals surface area contributed by atoms with E-state index in [1.54, 1.807) is 0 Å². The van der Waals surface area contributed by atoms with Crippen LogP contribution in [0, 0.1) is 0 Å². The second-order valence-electron chi connectivity index (χ2n) is 26.6. The molecule has 0 aliphatic carbocycles. The van der Waals surface area contributed by atoms with Crippen molar-refractivity contribution in [1.82, 2.24) is 0 Å². The van der Waals surface area contributed by atoms with Gasteiger partial charge in [0.05, 0.1) is 26.4 Å². The van der Waals surface area contributed by atoms with Crippen molar-refractivity contribution in [3.63, 3.8) is 0 Å². The Morgan fingerprint density at radius 3 is 0.843 bits per heavy atom. The summed E-state index contributed by atoms with van der Waals surface area (Å²) >= 11 is 0. The first-order valence-electron chi connectivity index (χ1n) is 40.1. The van der Waals surface area contributed by atoms with Crippen LogP contribution in [0.3, 0.4) is 0 Å². The summed E-state index contributed by atoms with van der Waals surface area (Å²) in [5, 5.41) is 10.6. The van der Waals surface area contributed by atoms with Crippen molar-refractivity contribution >= 4 is 39.5 Å². The number of ether oxygens (including phenoxy) is 4. The Morgan fingerprint density at radius 1 is 0.284 bits per heavy atom. The fourth-order valence-corrected chi connectivity index (χ4v) is 12.1. The molecule has 102 heavy (non-hydrogen) atoms. The third kappa shape index (κ3) is 74.0. The molecule has 0 saturated carbocycles. The fourth-order valence-electron chi connectivity index (χ4n) is 10.5. The molecule has 17 nitrogen and oxygen atoms in total. The van der Waals surface area contributed by atoms with E-state index < -0.39 is 97.5 Å². The summed E-state index contributed by atoms with van der Waals surface area (Å²) in [6.45, 7) is 4.66. The summed E-state index contributed by atoms with van der Waals surface area (Å²) in [5.74, 6) is -2.21. The van der Waals surface area contributed by atoms with Crippen LogP contribution in [0.4, 0.5) is 0 Å². The Balaban J connectivity index is 5.31. The quantitative estimate of drug-likeness (QED) is 0.0169. The van der Waals surface area contributed by atoms with Gasteiger partial charge in [0.25, 0.3) is 0 Å². The van der Waals surface area contributed by atoms with Gasteiger partial charge < -0.3 is 33.8 Å². The molecule has 5 unspecified atom stereocenters. The fraction of sp³-hybridized carbons (Fsp3) is 0.735. The monoisotopic (exact) mass is 1470 g/mol. The lowest BCUT2D eigenvalue weighted by molar-refractivity contribution is -0.161. The molecule has 3 N–H and O–H groups in total. The smallest absolute Gasteiger partial charge is 0.462 e. The first-order chi connectivity index (χ1) is 49.7. The molecule has 5 atom stereocenters. The van der Waals surface area contributed by atoms with Crippen LogP contribution in [0.2, 0.25) is 0 Å². The average Bonchev–Trinajstić information content (AvgIpc) is 0.907. The van der Waals surface area contributed by atoms with Crippen LogP contribution in [0.1, 0.15) is 336 Å². The number of allylic oxidation sites excluding steroid dienone is 18. The van der Waals surface area contributed by atoms with Gasteiger partial charge in [-0.05, 0) is 148 Å². The maximum Gasteiger partial charge on any atom is 0.472 e. The standard InChI is InChI=1S/C83H144O17P2/c1-5-9-13-17-21-25-29-32-34-36-38-40-42-45-48-51-55-59-63-67-80(85)93-73-78(99-82(87)69-65-61-57-53-47-28-24-20-16-12-8-4)75-97-101(89,90)95-71-77(84)72-96-102(91,92)98-76-79(100-83(88)70-66-62-58-54-50-44-31-27-23-19-15-11-7-3)74-94-81(86)68-64-60-56-52-49-46-43-41-39-37-35-33-30-26-22-18-14-10-6-2/h10,14,20-22,24-27,31-35,38-41,77-79,84H,5-9,11-13,15-19,23,28-30,36-37,42-76H2,1-4H3,(H,89,90)(H,91,92)/b14-10-,24-20-,25-21-,26-22-,31-27-,34-32-,35-33-,40-38-,41-39-. The van der Waals surface area contributed by atoms with E-state index in [0.29, 0.717) is 25.7 Å². The van der Waals surface area contributed by atoms with Gasteiger partial charge in [-0.3, -0.25) is 37.3 Å². The van der Waals surface area contributed by atoms with Crippen molar-refractivity contribution in [2.24, 2.45) is 0 Å². The lowest BCUT2D eigenvalue weighted by Crippen LogP contribution is -2.30. The molecular formula is C83H144O17P2. The number of hydrogen-bond donors (Lipinski definition) is 3. The van der Waals surface area contributed by atoms with Crippen LogP contribution in [-0.4, -0.2) is 96.7 Å². The number of rotatable bonds is 75. The van der Waals surface area contributed by atoms with Gasteiger partial charge in [-0.25, -0.2) is 9.13 Å². The van der Waals surface area contributed by atoms with Crippen molar-refractivity contribution in [1.29, 1.82) is 0 Å². The number of aliphatic hydroxyl groups excluding tert-OH is 1. The molecule has 0 bridgehead atoms. The van der Waals surface area contributed by atoms with E-state index in [-0.39, 0.29) is 25.7 Å². The molecule has 0 aliphatic rings. The Hall–Kier alpha value is -4.28. The topological polar surface area (TPSA) is 237 Å². The molecule has 0 aromatic rings. The second-order valence-corrected chi connectivity index (χ2v) is 29.5. The summed E-state index contributed by atoms with van der Waals surface area (Å²) in [6, 6.07) is 0. The summed E-state index contributed by atoms with van der Waals surface area (Å²) in [7, 11) is -9.96. The predicted octanol–water partition coefficient (Wildman–Crippen LogP) is 23.3. The summed E-state index contributed by atoms with van der Waals surface area (Å²) in [4.78, 5) is 72.9. The molecule has 0 amide bonds. The number of carbonyl (C=O) groups is 4. The van der Waals surface area contributed by atoms with Gasteiger partial charge in [-0.1, -0.05) is 272 Å². The lowest BCUT2D eigenvalue weighted by Gasteiger charge is -2.21. The number of phosphoric acid groups is 2. The zero-order chi connectivity index (χ0) is 74.6. The minimum absolute atomic E-state index is 0.0807. The van der Waals surface area contributed by atoms with E-state index in [0.717, 1.165) is 199 Å². The zero-order valence-electron chi connectivity index (χ0n) is 64.3. The van der Waals surface area contributed by atoms with E-state index >= 15 is 0 Å². The maximum atomic E-state index is 13.1. The van der Waals surface area contributed by atoms with E-state index in [1.807, 2.05) is 0 Å². The number of carbonyl (C=O) groups excluding carboxylic acids is 4. The van der Waals surface area contributed by atoms with Gasteiger partial charge in [0.1, 0.15) is 19.3 Å². The third-order valence-electron chi connectivity index (χ3n) is 16.7. The molecule has 0 saturated heterocycles. The number of esters is 4. The predicted molar refractivity (Wildman–Crippen MR) is 418 cm³/mol. The normalized spacial score (nSPS) is 14.5. The Kier molecular flexibility index (Phi) is 71.8. The number of hydrogen-bond acceptors (Lipinski definition) is 15. The van der Waals surface area contributed by atoms with Crippen LogP contribution in [0.15, 0.2) is 109 Å². The highest BCUT2D eigenvalue weighted by molar-refractivity contribution is 7.47. The molecule has 0 heterocycles. The average molecular weight is 1480 g/mol. The van der Waals surface area contributed by atoms with Crippen molar-refractivity contribution in [3.8, 4) is 0 Å². The van der Waals surface area contributed by atoms with Crippen LogP contribution in [-0.2, 0) is 65.4 Å². The van der Waals surface area contributed by atoms with Gasteiger partial charge >= 0.3 is 39.5 Å². The second kappa shape index (κ2) is 75.0. The van der Waals surface area contributed by atoms with E-state index in [1.165, 1.54) is 57.8 Å². The molecule has 0 spiro atoms. The number of phosphoric ester groups is 2. The first kappa shape index (κ1) is 97.7. The highest BCUT2D eigenvalue weighted by Crippen LogP contribution is 2.45. The largest absolute Gasteiger partial charge is 0.472 e. The Bertz CT molecular complexity index is 2360. The van der Waals surface area contributed by atoms with Gasteiger partial charge in [0.15, 0.2) is 12.2 Å². The molecule has 19 heteroatoms. The minimum atomic E-state index is -4.98. The SMILES string of the molecule is CC/C=C\C/C=C\C/C=C\C/C=C\CCCCCCCCC(=O)OCC(COP(=O)(O)OCC(O)COP(=O)(O)OCC(COC(=O)CCCCCCCC/C=C\C/C=C\C/C=C\CCCCC)OC(=O)CCCCCCC/C=C\CCCC)OC(=O)CCCCCCC/C=C\CCCCCC. The van der Waals surface area contributed by atoms with E-state index in [4.69, 9.17) is 37.0 Å². The van der Waals surface area contributed by atoms with Crippen molar-refractivity contribution in [2.45, 2.75) is 354 Å². The van der Waals surface area contributed by atoms with Gasteiger partial charge in [-0.15, -0.1) is 0 Å². The minimum Gasteiger partial charge on any atom is -0.462 e. The van der Waals surface area contributed by atoms with E-state index in [9.17, 15) is 43.2 Å². The lowest BCUT2D eigenvalue weighted by atomic mass is 10.1. The molecule has 0 fully saturated rings. The maximum absolute atomic E-state index is 13.1. The van der Waals surface area contributed by atoms with E-state index in [2.05, 4.69) is 137 Å². The summed E-state index contributed by atoms with van der Waals surface area (Å²) in [5.41, 5.74) is 0. The first-order valence-corrected chi connectivity index (χ1v) is 43.1. The molecule has 0 rings (SSSR count). The Morgan fingerprint density at radius 2 is 0.520 bits per heavy atom. The highest BCUT2D eigenvalue weighted by atomic mass is 31.2. The molecule has 0 radical (unpaired) electrons. The number of aliphatic hydroxyl groups is 1. The molecule has 0 aliphatic heterocycles. The van der Waals surface area contributed by atoms with Crippen LogP contribution >= 0.6 is 15.6 Å². The number of unbranched alkanes of at least 4 members (excludes halogenated alkanes) is 31. The molecule has 588 valence electrons. The van der Waals surface area contributed by atoms with Gasteiger partial charge in [0, 0.05) is 25.7 Å². The van der Waals surface area contributed by atoms with Crippen molar-refractivity contribution in [3.05, 3.63) is 109 Å². The zero-order valence-corrected chi connectivity index (χ0v) is 66.0. The molecular weight excluding hydrogens is 1330 g/mol. The van der Waals surface area contributed by atoms with Crippen LogP contribution in [0.25, 0.3) is 0 Å². The molecule has 0 aromatic carbocycles. The van der Waals surface area contributed by atoms with Gasteiger partial charge in [-0.2, -0.15) is 0 Å². The van der Waals surface area contributed by atoms with Crippen molar-refractivity contribution < 1.29 is 80.2 Å². The summed E-state index contributed by atoms with van der Waals surface area (Å²) < 4.78 is 68.5. The Labute approximate surface area is 619 Å². The summed E-state index contributed by atoms with van der Waals surface area (Å²) in [6.07, 6.45) is 80.7.